The molecule has 0 aliphatic rings. The monoisotopic (exact) mass is 318 g/mol. The SMILES string of the molecule is CC(O)CC(C)(C)CNC(=O)Nc1ccc(C(F)(F)F)cc1. The molecule has 0 aromatic heterocycles. The predicted molar refractivity (Wildman–Crippen MR) is 78.5 cm³/mol. The molecule has 0 aliphatic carbocycles. The van der Waals surface area contributed by atoms with Gasteiger partial charge in [0.25, 0.3) is 0 Å². The van der Waals surface area contributed by atoms with Gasteiger partial charge in [-0.15, -0.1) is 0 Å². The molecule has 0 spiro atoms. The molecule has 0 heterocycles. The van der Waals surface area contributed by atoms with Crippen molar-refractivity contribution in [1.82, 2.24) is 5.32 Å². The van der Waals surface area contributed by atoms with Gasteiger partial charge in [0, 0.05) is 12.2 Å². The number of aliphatic hydroxyl groups excluding tert-OH is 1. The number of alkyl halides is 3. The highest BCUT2D eigenvalue weighted by Gasteiger charge is 2.30. The maximum Gasteiger partial charge on any atom is 0.416 e. The molecule has 2 amide bonds. The third-order valence-corrected chi connectivity index (χ3v) is 3.05. The first-order chi connectivity index (χ1) is 9.99. The summed E-state index contributed by atoms with van der Waals surface area (Å²) in [5.41, 5.74) is -0.776. The molecule has 0 fully saturated rings. The lowest BCUT2D eigenvalue weighted by molar-refractivity contribution is -0.137. The first kappa shape index (κ1) is 18.3. The van der Waals surface area contributed by atoms with E-state index in [1.807, 2.05) is 13.8 Å². The zero-order valence-electron chi connectivity index (χ0n) is 12.8. The minimum Gasteiger partial charge on any atom is -0.393 e. The van der Waals surface area contributed by atoms with Crippen molar-refractivity contribution < 1.29 is 23.1 Å². The van der Waals surface area contributed by atoms with E-state index in [0.29, 0.717) is 13.0 Å². The lowest BCUT2D eigenvalue weighted by atomic mass is 9.87. The number of carbonyl (C=O) groups is 1. The Kier molecular flexibility index (Phi) is 5.82. The zero-order valence-corrected chi connectivity index (χ0v) is 12.8. The van der Waals surface area contributed by atoms with Crippen molar-refractivity contribution in [3.05, 3.63) is 29.8 Å². The van der Waals surface area contributed by atoms with Crippen LogP contribution in [0.15, 0.2) is 24.3 Å². The second-order valence-corrected chi connectivity index (χ2v) is 6.10. The van der Waals surface area contributed by atoms with E-state index in [4.69, 9.17) is 0 Å². The summed E-state index contributed by atoms with van der Waals surface area (Å²) in [6, 6.07) is 3.71. The average molecular weight is 318 g/mol. The number of aliphatic hydroxyl groups is 1. The van der Waals surface area contributed by atoms with E-state index in [2.05, 4.69) is 10.6 Å². The molecule has 124 valence electrons. The van der Waals surface area contributed by atoms with Crippen LogP contribution in [0.5, 0.6) is 0 Å². The van der Waals surface area contributed by atoms with Crippen LogP contribution >= 0.6 is 0 Å². The molecule has 0 bridgehead atoms. The normalized spacial score (nSPS) is 13.6. The van der Waals surface area contributed by atoms with Crippen molar-refractivity contribution in [2.75, 3.05) is 11.9 Å². The Labute approximate surface area is 127 Å². The van der Waals surface area contributed by atoms with Crippen LogP contribution in [-0.4, -0.2) is 23.8 Å². The maximum atomic E-state index is 12.4. The number of rotatable bonds is 5. The molecule has 1 rings (SSSR count). The summed E-state index contributed by atoms with van der Waals surface area (Å²) in [5.74, 6) is 0. The first-order valence-electron chi connectivity index (χ1n) is 6.90. The number of benzene rings is 1. The van der Waals surface area contributed by atoms with Gasteiger partial charge in [-0.25, -0.2) is 4.79 Å². The van der Waals surface area contributed by atoms with Crippen LogP contribution in [0.1, 0.15) is 32.8 Å². The molecular formula is C15H21F3N2O2. The van der Waals surface area contributed by atoms with E-state index in [0.717, 1.165) is 12.1 Å². The molecule has 22 heavy (non-hydrogen) atoms. The van der Waals surface area contributed by atoms with Crippen molar-refractivity contribution in [2.45, 2.75) is 39.5 Å². The van der Waals surface area contributed by atoms with Gasteiger partial charge in [-0.2, -0.15) is 13.2 Å². The van der Waals surface area contributed by atoms with Crippen LogP contribution in [0.4, 0.5) is 23.7 Å². The fourth-order valence-electron chi connectivity index (χ4n) is 2.11. The molecule has 3 N–H and O–H groups in total. The predicted octanol–water partition coefficient (Wildman–Crippen LogP) is 3.62. The number of hydrogen-bond acceptors (Lipinski definition) is 2. The molecule has 1 atom stereocenters. The molecule has 1 aromatic carbocycles. The highest BCUT2D eigenvalue weighted by Crippen LogP contribution is 2.29. The van der Waals surface area contributed by atoms with Gasteiger partial charge in [0.1, 0.15) is 0 Å². The first-order valence-corrected chi connectivity index (χ1v) is 6.90. The minimum atomic E-state index is -4.40. The number of urea groups is 1. The number of halogens is 3. The summed E-state index contributed by atoms with van der Waals surface area (Å²) in [6.45, 7) is 5.81. The van der Waals surface area contributed by atoms with Gasteiger partial charge in [-0.1, -0.05) is 13.8 Å². The topological polar surface area (TPSA) is 61.4 Å². The van der Waals surface area contributed by atoms with Crippen LogP contribution in [0.25, 0.3) is 0 Å². The van der Waals surface area contributed by atoms with Gasteiger partial charge in [0.15, 0.2) is 0 Å². The average Bonchev–Trinajstić information content (AvgIpc) is 2.34. The molecule has 4 nitrogen and oxygen atoms in total. The summed E-state index contributed by atoms with van der Waals surface area (Å²) in [7, 11) is 0. The fraction of sp³-hybridized carbons (Fsp3) is 0.533. The van der Waals surface area contributed by atoms with Crippen molar-refractivity contribution in [2.24, 2.45) is 5.41 Å². The van der Waals surface area contributed by atoms with E-state index in [9.17, 15) is 23.1 Å². The smallest absolute Gasteiger partial charge is 0.393 e. The highest BCUT2D eigenvalue weighted by atomic mass is 19.4. The van der Waals surface area contributed by atoms with Crippen molar-refractivity contribution in [3.8, 4) is 0 Å². The summed E-state index contributed by atoms with van der Waals surface area (Å²) < 4.78 is 37.3. The summed E-state index contributed by atoms with van der Waals surface area (Å²) in [6.07, 6.45) is -4.35. The van der Waals surface area contributed by atoms with Gasteiger partial charge in [-0.3, -0.25) is 0 Å². The molecular weight excluding hydrogens is 297 g/mol. The standard InChI is InChI=1S/C15H21F3N2O2/c1-10(21)8-14(2,3)9-19-13(22)20-12-6-4-11(5-7-12)15(16,17)18/h4-7,10,21H,8-9H2,1-3H3,(H2,19,20,22). The summed E-state index contributed by atoms with van der Waals surface area (Å²) in [5, 5.41) is 14.5. The van der Waals surface area contributed by atoms with Crippen LogP contribution in [-0.2, 0) is 6.18 Å². The number of amides is 2. The number of hydrogen-bond donors (Lipinski definition) is 3. The van der Waals surface area contributed by atoms with E-state index >= 15 is 0 Å². The largest absolute Gasteiger partial charge is 0.416 e. The second kappa shape index (κ2) is 7.00. The van der Waals surface area contributed by atoms with Crippen molar-refractivity contribution in [3.63, 3.8) is 0 Å². The van der Waals surface area contributed by atoms with Crippen LogP contribution in [0.2, 0.25) is 0 Å². The lowest BCUT2D eigenvalue weighted by Crippen LogP contribution is -2.38. The highest BCUT2D eigenvalue weighted by molar-refractivity contribution is 5.89. The Morgan fingerprint density at radius 2 is 1.77 bits per heavy atom. The lowest BCUT2D eigenvalue weighted by Gasteiger charge is -2.26. The Morgan fingerprint density at radius 1 is 1.23 bits per heavy atom. The van der Waals surface area contributed by atoms with Gasteiger partial charge in [0.2, 0.25) is 0 Å². The molecule has 0 aliphatic heterocycles. The number of anilines is 1. The van der Waals surface area contributed by atoms with Gasteiger partial charge < -0.3 is 15.7 Å². The van der Waals surface area contributed by atoms with Gasteiger partial charge >= 0.3 is 12.2 Å². The fourth-order valence-corrected chi connectivity index (χ4v) is 2.11. The Morgan fingerprint density at radius 3 is 2.23 bits per heavy atom. The van der Waals surface area contributed by atoms with Crippen molar-refractivity contribution in [1.29, 1.82) is 0 Å². The number of carbonyl (C=O) groups excluding carboxylic acids is 1. The quantitative estimate of drug-likeness (QED) is 0.776. The van der Waals surface area contributed by atoms with E-state index in [1.54, 1.807) is 6.92 Å². The van der Waals surface area contributed by atoms with E-state index in [-0.39, 0.29) is 11.1 Å². The maximum absolute atomic E-state index is 12.4. The molecule has 1 unspecified atom stereocenters. The summed E-state index contributed by atoms with van der Waals surface area (Å²) in [4.78, 5) is 11.7. The third kappa shape index (κ3) is 6.34. The summed E-state index contributed by atoms with van der Waals surface area (Å²) >= 11 is 0. The number of nitrogens with one attached hydrogen (secondary N) is 2. The zero-order chi connectivity index (χ0) is 17.0. The second-order valence-electron chi connectivity index (χ2n) is 6.10. The van der Waals surface area contributed by atoms with E-state index in [1.165, 1.54) is 12.1 Å². The molecule has 7 heteroatoms. The molecule has 0 saturated heterocycles. The van der Waals surface area contributed by atoms with E-state index < -0.39 is 23.9 Å². The Bertz CT molecular complexity index is 497. The van der Waals surface area contributed by atoms with Crippen LogP contribution in [0.3, 0.4) is 0 Å². The molecule has 0 radical (unpaired) electrons. The minimum absolute atomic E-state index is 0.277. The van der Waals surface area contributed by atoms with Gasteiger partial charge in [0.05, 0.1) is 11.7 Å². The Hall–Kier alpha value is -1.76. The third-order valence-electron chi connectivity index (χ3n) is 3.05. The molecule has 1 aromatic rings. The van der Waals surface area contributed by atoms with Crippen LogP contribution in [0, 0.1) is 5.41 Å². The van der Waals surface area contributed by atoms with Crippen molar-refractivity contribution >= 4 is 11.7 Å². The van der Waals surface area contributed by atoms with Gasteiger partial charge in [-0.05, 0) is 43.0 Å². The Balaban J connectivity index is 2.52. The molecule has 0 saturated carbocycles. The van der Waals surface area contributed by atoms with Crippen LogP contribution < -0.4 is 10.6 Å².